The first kappa shape index (κ1) is 12.0. The Bertz CT molecular complexity index is 323. The molecule has 17 heavy (non-hydrogen) atoms. The van der Waals surface area contributed by atoms with Gasteiger partial charge in [-0.05, 0) is 0 Å². The summed E-state index contributed by atoms with van der Waals surface area (Å²) in [6, 6.07) is -0.417. The van der Waals surface area contributed by atoms with E-state index in [0.717, 1.165) is 0 Å². The Morgan fingerprint density at radius 3 is 2.82 bits per heavy atom. The maximum Gasteiger partial charge on any atom is 0.294 e. The SMILES string of the molecule is O=C(CO)N[C@@H]1CO[C@@H]2C(O[N+](=O)[O-])CO[C@@H]21. The molecule has 1 amide bonds. The quantitative estimate of drug-likeness (QED) is 0.429. The van der Waals surface area contributed by atoms with E-state index in [0.29, 0.717) is 0 Å². The molecule has 0 saturated carbocycles. The molecule has 4 atom stereocenters. The summed E-state index contributed by atoms with van der Waals surface area (Å²) < 4.78 is 10.6. The number of rotatable bonds is 4. The Hall–Kier alpha value is -1.45. The Kier molecular flexibility index (Phi) is 3.41. The number of ether oxygens (including phenoxy) is 2. The zero-order valence-corrected chi connectivity index (χ0v) is 8.77. The third-order valence-corrected chi connectivity index (χ3v) is 2.72. The molecule has 2 aliphatic heterocycles. The Morgan fingerprint density at radius 2 is 2.18 bits per heavy atom. The van der Waals surface area contributed by atoms with Crippen LogP contribution in [0, 0.1) is 10.1 Å². The summed E-state index contributed by atoms with van der Waals surface area (Å²) in [5.41, 5.74) is 0. The molecule has 2 rings (SSSR count). The molecule has 0 bridgehead atoms. The Balaban J connectivity index is 1.92. The molecular weight excluding hydrogens is 236 g/mol. The Morgan fingerprint density at radius 1 is 1.47 bits per heavy atom. The molecular formula is C8H12N2O7. The average Bonchev–Trinajstić information content (AvgIpc) is 2.83. The fraction of sp³-hybridized carbons (Fsp3) is 0.875. The molecule has 0 aromatic rings. The lowest BCUT2D eigenvalue weighted by Crippen LogP contribution is -2.45. The number of hydrogen-bond acceptors (Lipinski definition) is 7. The van der Waals surface area contributed by atoms with Crippen LogP contribution in [-0.2, 0) is 19.1 Å². The Labute approximate surface area is 95.7 Å². The first-order chi connectivity index (χ1) is 8.11. The van der Waals surface area contributed by atoms with E-state index < -0.39 is 42.0 Å². The number of hydrogen-bond donors (Lipinski definition) is 2. The summed E-state index contributed by atoms with van der Waals surface area (Å²) >= 11 is 0. The van der Waals surface area contributed by atoms with Crippen LogP contribution in [0.4, 0.5) is 0 Å². The molecule has 2 fully saturated rings. The lowest BCUT2D eigenvalue weighted by molar-refractivity contribution is -0.769. The van der Waals surface area contributed by atoms with Gasteiger partial charge in [-0.2, -0.15) is 0 Å². The summed E-state index contributed by atoms with van der Waals surface area (Å²) in [5, 5.41) is 20.4. The van der Waals surface area contributed by atoms with Crippen molar-refractivity contribution in [2.75, 3.05) is 19.8 Å². The van der Waals surface area contributed by atoms with Crippen LogP contribution in [0.15, 0.2) is 0 Å². The molecule has 2 heterocycles. The minimum absolute atomic E-state index is 0.0435. The predicted molar refractivity (Wildman–Crippen MR) is 50.4 cm³/mol. The molecule has 2 aliphatic rings. The van der Waals surface area contributed by atoms with Crippen molar-refractivity contribution < 1.29 is 29.3 Å². The average molecular weight is 248 g/mol. The molecule has 0 aromatic carbocycles. The van der Waals surface area contributed by atoms with E-state index >= 15 is 0 Å². The van der Waals surface area contributed by atoms with E-state index in [1.807, 2.05) is 0 Å². The smallest absolute Gasteiger partial charge is 0.294 e. The van der Waals surface area contributed by atoms with Crippen LogP contribution in [0.2, 0.25) is 0 Å². The van der Waals surface area contributed by atoms with E-state index in [9.17, 15) is 14.9 Å². The molecule has 2 N–H and O–H groups in total. The predicted octanol–water partition coefficient (Wildman–Crippen LogP) is -2.16. The van der Waals surface area contributed by atoms with Gasteiger partial charge < -0.3 is 24.7 Å². The number of carbonyl (C=O) groups is 1. The number of nitrogens with zero attached hydrogens (tertiary/aromatic N) is 1. The van der Waals surface area contributed by atoms with Crippen molar-refractivity contribution in [3.8, 4) is 0 Å². The van der Waals surface area contributed by atoms with Gasteiger partial charge in [-0.3, -0.25) is 4.79 Å². The summed E-state index contributed by atoms with van der Waals surface area (Å²) in [6.45, 7) is -0.400. The van der Waals surface area contributed by atoms with Crippen LogP contribution in [0.3, 0.4) is 0 Å². The number of aliphatic hydroxyl groups is 1. The minimum atomic E-state index is -0.889. The van der Waals surface area contributed by atoms with Crippen LogP contribution in [0.25, 0.3) is 0 Å². The van der Waals surface area contributed by atoms with Crippen molar-refractivity contribution in [3.63, 3.8) is 0 Å². The number of amides is 1. The normalized spacial score (nSPS) is 35.4. The molecule has 2 saturated heterocycles. The van der Waals surface area contributed by atoms with Gasteiger partial charge >= 0.3 is 0 Å². The van der Waals surface area contributed by atoms with E-state index in [1.54, 1.807) is 0 Å². The molecule has 0 radical (unpaired) electrons. The van der Waals surface area contributed by atoms with Crippen molar-refractivity contribution in [1.82, 2.24) is 5.32 Å². The lowest BCUT2D eigenvalue weighted by atomic mass is 10.1. The monoisotopic (exact) mass is 248 g/mol. The third-order valence-electron chi connectivity index (χ3n) is 2.72. The van der Waals surface area contributed by atoms with Crippen molar-refractivity contribution in [2.45, 2.75) is 24.4 Å². The van der Waals surface area contributed by atoms with Gasteiger partial charge in [-0.25, -0.2) is 0 Å². The second kappa shape index (κ2) is 4.82. The lowest BCUT2D eigenvalue weighted by Gasteiger charge is -2.16. The van der Waals surface area contributed by atoms with Crippen molar-refractivity contribution in [2.24, 2.45) is 0 Å². The number of nitrogens with one attached hydrogen (secondary N) is 1. The highest BCUT2D eigenvalue weighted by Gasteiger charge is 2.49. The van der Waals surface area contributed by atoms with Crippen LogP contribution < -0.4 is 5.32 Å². The van der Waals surface area contributed by atoms with Gasteiger partial charge in [0.05, 0.1) is 19.3 Å². The standard InChI is InChI=1S/C8H12N2O7/c11-1-6(12)9-4-2-15-8-5(17-10(13)14)3-16-7(4)8/h4-5,7-8,11H,1-3H2,(H,9,12)/t4-,5?,7-,8-/m1/s1. The van der Waals surface area contributed by atoms with Gasteiger partial charge in [0.1, 0.15) is 18.8 Å². The number of carbonyl (C=O) groups excluding carboxylic acids is 1. The number of fused-ring (bicyclic) bond motifs is 1. The highest BCUT2D eigenvalue weighted by atomic mass is 17.0. The van der Waals surface area contributed by atoms with Gasteiger partial charge in [-0.1, -0.05) is 0 Å². The zero-order chi connectivity index (χ0) is 12.4. The van der Waals surface area contributed by atoms with E-state index in [1.165, 1.54) is 0 Å². The van der Waals surface area contributed by atoms with Crippen LogP contribution in [0.5, 0.6) is 0 Å². The maximum absolute atomic E-state index is 11.0. The molecule has 9 nitrogen and oxygen atoms in total. The topological polar surface area (TPSA) is 120 Å². The highest BCUT2D eigenvalue weighted by molar-refractivity contribution is 5.77. The van der Waals surface area contributed by atoms with Gasteiger partial charge in [-0.15, -0.1) is 10.1 Å². The minimum Gasteiger partial charge on any atom is -0.387 e. The fourth-order valence-electron chi connectivity index (χ4n) is 2.04. The molecule has 96 valence electrons. The third kappa shape index (κ3) is 2.46. The number of aliphatic hydroxyl groups excluding tert-OH is 1. The molecule has 9 heteroatoms. The van der Waals surface area contributed by atoms with Gasteiger partial charge in [0, 0.05) is 0 Å². The van der Waals surface area contributed by atoms with Crippen LogP contribution in [-0.4, -0.2) is 60.3 Å². The highest BCUT2D eigenvalue weighted by Crippen LogP contribution is 2.28. The first-order valence-corrected chi connectivity index (χ1v) is 5.06. The van der Waals surface area contributed by atoms with E-state index in [2.05, 4.69) is 10.2 Å². The summed E-state index contributed by atoms with van der Waals surface area (Å²) in [4.78, 5) is 25.6. The van der Waals surface area contributed by atoms with Gasteiger partial charge in [0.2, 0.25) is 5.91 Å². The molecule has 1 unspecified atom stereocenters. The largest absolute Gasteiger partial charge is 0.387 e. The van der Waals surface area contributed by atoms with Gasteiger partial charge in [0.15, 0.2) is 6.10 Å². The fourth-order valence-corrected chi connectivity index (χ4v) is 2.04. The van der Waals surface area contributed by atoms with Gasteiger partial charge in [0.25, 0.3) is 5.09 Å². The van der Waals surface area contributed by atoms with Crippen LogP contribution in [0.1, 0.15) is 0 Å². The van der Waals surface area contributed by atoms with Crippen molar-refractivity contribution >= 4 is 5.91 Å². The second-order valence-corrected chi connectivity index (χ2v) is 3.80. The molecule has 0 spiro atoms. The summed E-state index contributed by atoms with van der Waals surface area (Å²) in [7, 11) is 0. The maximum atomic E-state index is 11.0. The van der Waals surface area contributed by atoms with Crippen molar-refractivity contribution in [1.29, 1.82) is 0 Å². The van der Waals surface area contributed by atoms with Crippen molar-refractivity contribution in [3.05, 3.63) is 10.1 Å². The van der Waals surface area contributed by atoms with Crippen LogP contribution >= 0.6 is 0 Å². The first-order valence-electron chi connectivity index (χ1n) is 5.06. The summed E-state index contributed by atoms with van der Waals surface area (Å²) in [6.07, 6.45) is -1.81. The summed E-state index contributed by atoms with van der Waals surface area (Å²) in [5.74, 6) is -0.540. The molecule has 0 aliphatic carbocycles. The van der Waals surface area contributed by atoms with E-state index in [-0.39, 0.29) is 13.2 Å². The molecule has 0 aromatic heterocycles. The second-order valence-electron chi connectivity index (χ2n) is 3.80. The zero-order valence-electron chi connectivity index (χ0n) is 8.77. The van der Waals surface area contributed by atoms with E-state index in [4.69, 9.17) is 14.6 Å².